The lowest BCUT2D eigenvalue weighted by Crippen LogP contribution is -2.50. The van der Waals surface area contributed by atoms with Crippen molar-refractivity contribution in [3.05, 3.63) is 78.1 Å². The zero-order chi connectivity index (χ0) is 20.1. The van der Waals surface area contributed by atoms with E-state index in [4.69, 9.17) is 17.1 Å². The minimum atomic E-state index is -0.493. The Hall–Kier alpha value is -2.79. The van der Waals surface area contributed by atoms with Crippen LogP contribution >= 0.6 is 12.2 Å². The second-order valence-electron chi connectivity index (χ2n) is 7.40. The van der Waals surface area contributed by atoms with Crippen LogP contribution in [0.1, 0.15) is 36.8 Å². The number of rotatable bonds is 5. The van der Waals surface area contributed by atoms with Gasteiger partial charge >= 0.3 is 0 Å². The van der Waals surface area contributed by atoms with Gasteiger partial charge in [0.2, 0.25) is 0 Å². The first kappa shape index (κ1) is 19.5. The number of aromatic nitrogens is 1. The van der Waals surface area contributed by atoms with Crippen molar-refractivity contribution in [3.8, 4) is 0 Å². The summed E-state index contributed by atoms with van der Waals surface area (Å²) >= 11 is 5.88. The van der Waals surface area contributed by atoms with Gasteiger partial charge < -0.3 is 10.2 Å². The van der Waals surface area contributed by atoms with Gasteiger partial charge in [0.05, 0.1) is 16.1 Å². The van der Waals surface area contributed by atoms with Crippen molar-refractivity contribution in [2.24, 2.45) is 5.16 Å². The first-order valence-corrected chi connectivity index (χ1v) is 10.4. The molecule has 148 valence electrons. The first-order valence-electron chi connectivity index (χ1n) is 10.0. The molecule has 1 aliphatic rings. The smallest absolute Gasteiger partial charge is 0.142 e. The van der Waals surface area contributed by atoms with E-state index in [1.54, 1.807) is 0 Å². The predicted molar refractivity (Wildman–Crippen MR) is 122 cm³/mol. The number of nitrogens with zero attached hydrogens (tertiary/aromatic N) is 2. The molecule has 1 aromatic heterocycles. The standard InChI is InChI=1S/C24H25N3OS/c1-25-23(29)24(21-16-26-15-19-11-5-6-12-20(19)21)14-8-7-13-22(24)27-28-17-18-9-3-2-4-10-18/h2-6,9-12,15-16H,7-8,13-14,17H2,1H3,(H,25,29). The molecule has 0 amide bonds. The lowest BCUT2D eigenvalue weighted by Gasteiger charge is -2.39. The van der Waals surface area contributed by atoms with Crippen LogP contribution in [0.15, 0.2) is 72.1 Å². The van der Waals surface area contributed by atoms with Crippen LogP contribution < -0.4 is 5.32 Å². The molecule has 1 aliphatic carbocycles. The molecule has 0 spiro atoms. The Labute approximate surface area is 177 Å². The van der Waals surface area contributed by atoms with E-state index in [0.29, 0.717) is 6.61 Å². The summed E-state index contributed by atoms with van der Waals surface area (Å²) in [4.78, 5) is 11.1. The lowest BCUT2D eigenvalue weighted by molar-refractivity contribution is 0.127. The number of oxime groups is 1. The minimum Gasteiger partial charge on any atom is -0.391 e. The highest BCUT2D eigenvalue weighted by Gasteiger charge is 2.45. The second-order valence-corrected chi connectivity index (χ2v) is 7.81. The number of hydrogen-bond acceptors (Lipinski definition) is 4. The van der Waals surface area contributed by atoms with Gasteiger partial charge in [0, 0.05) is 24.8 Å². The highest BCUT2D eigenvalue weighted by molar-refractivity contribution is 7.80. The fourth-order valence-electron chi connectivity index (χ4n) is 4.25. The topological polar surface area (TPSA) is 46.5 Å². The summed E-state index contributed by atoms with van der Waals surface area (Å²) in [6.07, 6.45) is 7.78. The molecule has 2 aromatic carbocycles. The molecular weight excluding hydrogens is 378 g/mol. The fourth-order valence-corrected chi connectivity index (χ4v) is 4.58. The van der Waals surface area contributed by atoms with Crippen LogP contribution in [-0.4, -0.2) is 22.7 Å². The van der Waals surface area contributed by atoms with Crippen LogP contribution in [0.25, 0.3) is 10.8 Å². The van der Waals surface area contributed by atoms with E-state index in [9.17, 15) is 0 Å². The first-order chi connectivity index (χ1) is 14.3. The SMILES string of the molecule is CNC(=S)C1(c2cncc3ccccc23)CCCCC1=NOCc1ccccc1. The zero-order valence-electron chi connectivity index (χ0n) is 16.6. The summed E-state index contributed by atoms with van der Waals surface area (Å²) in [5.41, 5.74) is 2.70. The summed E-state index contributed by atoms with van der Waals surface area (Å²) < 4.78 is 0. The molecule has 1 unspecified atom stereocenters. The monoisotopic (exact) mass is 403 g/mol. The minimum absolute atomic E-state index is 0.445. The van der Waals surface area contributed by atoms with Crippen molar-refractivity contribution < 1.29 is 4.84 Å². The van der Waals surface area contributed by atoms with Crippen LogP contribution in [0.5, 0.6) is 0 Å². The van der Waals surface area contributed by atoms with Gasteiger partial charge in [-0.05, 0) is 35.8 Å². The highest BCUT2D eigenvalue weighted by atomic mass is 32.1. The van der Waals surface area contributed by atoms with Crippen LogP contribution in [0.4, 0.5) is 0 Å². The Kier molecular flexibility index (Phi) is 5.86. The van der Waals surface area contributed by atoms with Crippen molar-refractivity contribution in [1.82, 2.24) is 10.3 Å². The summed E-state index contributed by atoms with van der Waals surface area (Å²) in [5, 5.41) is 10.2. The van der Waals surface area contributed by atoms with Crippen LogP contribution in [0.3, 0.4) is 0 Å². The maximum atomic E-state index is 5.88. The highest BCUT2D eigenvalue weighted by Crippen LogP contribution is 2.41. The molecule has 0 aliphatic heterocycles. The van der Waals surface area contributed by atoms with Gasteiger partial charge in [-0.15, -0.1) is 0 Å². The maximum Gasteiger partial charge on any atom is 0.142 e. The normalized spacial score (nSPS) is 20.5. The molecule has 0 radical (unpaired) electrons. The number of likely N-dealkylation sites (N-methyl/N-ethyl adjacent to an activating group) is 1. The van der Waals surface area contributed by atoms with Crippen molar-refractivity contribution in [1.29, 1.82) is 0 Å². The Balaban J connectivity index is 1.78. The van der Waals surface area contributed by atoms with Gasteiger partial charge in [-0.3, -0.25) is 4.98 Å². The molecule has 0 saturated heterocycles. The molecule has 1 fully saturated rings. The number of fused-ring (bicyclic) bond motifs is 1. The molecule has 4 rings (SSSR count). The Bertz CT molecular complexity index is 1030. The Morgan fingerprint density at radius 1 is 1.10 bits per heavy atom. The molecule has 5 heteroatoms. The van der Waals surface area contributed by atoms with Crippen LogP contribution in [0, 0.1) is 0 Å². The zero-order valence-corrected chi connectivity index (χ0v) is 17.4. The quantitative estimate of drug-likeness (QED) is 0.472. The van der Waals surface area contributed by atoms with Crippen molar-refractivity contribution in [2.45, 2.75) is 37.7 Å². The van der Waals surface area contributed by atoms with Gasteiger partial charge in [0.1, 0.15) is 6.61 Å². The Morgan fingerprint density at radius 2 is 1.90 bits per heavy atom. The van der Waals surface area contributed by atoms with Crippen molar-refractivity contribution in [2.75, 3.05) is 7.05 Å². The average Bonchev–Trinajstić information content (AvgIpc) is 2.79. The van der Waals surface area contributed by atoms with E-state index in [0.717, 1.165) is 58.3 Å². The number of hydrogen-bond donors (Lipinski definition) is 1. The molecule has 0 bridgehead atoms. The largest absolute Gasteiger partial charge is 0.391 e. The average molecular weight is 404 g/mol. The summed E-state index contributed by atoms with van der Waals surface area (Å²) in [6.45, 7) is 0.445. The lowest BCUT2D eigenvalue weighted by atomic mass is 9.67. The van der Waals surface area contributed by atoms with Gasteiger partial charge in [-0.1, -0.05) is 78.4 Å². The van der Waals surface area contributed by atoms with E-state index in [1.165, 1.54) is 0 Å². The molecule has 1 saturated carbocycles. The van der Waals surface area contributed by atoms with E-state index in [-0.39, 0.29) is 0 Å². The van der Waals surface area contributed by atoms with Crippen LogP contribution in [-0.2, 0) is 16.9 Å². The van der Waals surface area contributed by atoms with Crippen molar-refractivity contribution >= 4 is 33.7 Å². The van der Waals surface area contributed by atoms with Gasteiger partial charge in [0.15, 0.2) is 0 Å². The van der Waals surface area contributed by atoms with E-state index in [2.05, 4.69) is 33.7 Å². The third-order valence-electron chi connectivity index (χ3n) is 5.70. The number of benzene rings is 2. The van der Waals surface area contributed by atoms with Gasteiger partial charge in [-0.2, -0.15) is 0 Å². The molecule has 3 aromatic rings. The third kappa shape index (κ3) is 3.75. The predicted octanol–water partition coefficient (Wildman–Crippen LogP) is 5.17. The van der Waals surface area contributed by atoms with E-state index < -0.39 is 5.41 Å². The fraction of sp³-hybridized carbons (Fsp3) is 0.292. The second kappa shape index (κ2) is 8.70. The summed E-state index contributed by atoms with van der Waals surface area (Å²) in [6, 6.07) is 18.4. The molecule has 1 atom stereocenters. The molecular formula is C24H25N3OS. The van der Waals surface area contributed by atoms with E-state index in [1.807, 2.05) is 55.8 Å². The number of thiocarbonyl (C=S) groups is 1. The molecule has 1 heterocycles. The summed E-state index contributed by atoms with van der Waals surface area (Å²) in [5.74, 6) is 0. The molecule has 29 heavy (non-hydrogen) atoms. The van der Waals surface area contributed by atoms with Crippen LogP contribution in [0.2, 0.25) is 0 Å². The van der Waals surface area contributed by atoms with Gasteiger partial charge in [0.25, 0.3) is 0 Å². The molecule has 4 nitrogen and oxygen atoms in total. The number of nitrogens with one attached hydrogen (secondary N) is 1. The summed E-state index contributed by atoms with van der Waals surface area (Å²) in [7, 11) is 1.89. The Morgan fingerprint density at radius 3 is 2.72 bits per heavy atom. The molecule has 1 N–H and O–H groups in total. The van der Waals surface area contributed by atoms with Crippen molar-refractivity contribution in [3.63, 3.8) is 0 Å². The third-order valence-corrected chi connectivity index (χ3v) is 6.25. The maximum absolute atomic E-state index is 5.88. The van der Waals surface area contributed by atoms with Gasteiger partial charge in [-0.25, -0.2) is 0 Å². The van der Waals surface area contributed by atoms with E-state index >= 15 is 0 Å². The number of pyridine rings is 1.